The van der Waals surface area contributed by atoms with Gasteiger partial charge in [-0.25, -0.2) is 4.79 Å². The van der Waals surface area contributed by atoms with Gasteiger partial charge in [0.25, 0.3) is 0 Å². The van der Waals surface area contributed by atoms with Crippen LogP contribution in [0.1, 0.15) is 34.6 Å². The molecule has 3 aromatic rings. The lowest BCUT2D eigenvalue weighted by Crippen LogP contribution is -2.11. The van der Waals surface area contributed by atoms with E-state index in [9.17, 15) is 9.90 Å². The van der Waals surface area contributed by atoms with Crippen LogP contribution in [0.15, 0.2) is 42.5 Å². The minimum atomic E-state index is -1.00. The Morgan fingerprint density at radius 3 is 2.58 bits per heavy atom. The second kappa shape index (κ2) is 7.45. The maximum absolute atomic E-state index is 11.6. The number of tetrazole rings is 1. The molecule has 7 nitrogen and oxygen atoms in total. The van der Waals surface area contributed by atoms with Crippen molar-refractivity contribution in [2.75, 3.05) is 13.7 Å². The largest absolute Gasteiger partial charge is 0.478 e. The Bertz CT molecular complexity index is 919. The molecule has 2 aromatic carbocycles. The van der Waals surface area contributed by atoms with Crippen molar-refractivity contribution in [1.29, 1.82) is 0 Å². The maximum atomic E-state index is 11.6. The van der Waals surface area contributed by atoms with Gasteiger partial charge in [-0.1, -0.05) is 36.8 Å². The molecule has 0 aliphatic heterocycles. The maximum Gasteiger partial charge on any atom is 0.335 e. The van der Waals surface area contributed by atoms with Crippen LogP contribution in [0.4, 0.5) is 0 Å². The third-order valence-corrected chi connectivity index (χ3v) is 4.15. The third kappa shape index (κ3) is 3.62. The number of carboxylic acid groups (broad SMARTS) is 1. The van der Waals surface area contributed by atoms with Gasteiger partial charge in [0.15, 0.2) is 5.82 Å². The van der Waals surface area contributed by atoms with Crippen LogP contribution in [0.25, 0.3) is 16.8 Å². The molecule has 134 valence electrons. The molecule has 0 spiro atoms. The van der Waals surface area contributed by atoms with Gasteiger partial charge in [0, 0.05) is 13.0 Å². The summed E-state index contributed by atoms with van der Waals surface area (Å²) in [5.74, 6) is -0.421. The molecule has 1 N–H and O–H groups in total. The first-order valence-corrected chi connectivity index (χ1v) is 8.22. The van der Waals surface area contributed by atoms with Gasteiger partial charge in [-0.15, -0.1) is 5.10 Å². The fourth-order valence-corrected chi connectivity index (χ4v) is 2.78. The van der Waals surface area contributed by atoms with E-state index in [1.807, 2.05) is 44.2 Å². The zero-order chi connectivity index (χ0) is 18.7. The number of benzene rings is 2. The topological polar surface area (TPSA) is 90.1 Å². The molecule has 0 saturated carbocycles. The minimum absolute atomic E-state index is 0.0358. The van der Waals surface area contributed by atoms with Gasteiger partial charge < -0.3 is 9.84 Å². The number of carboxylic acids is 1. The van der Waals surface area contributed by atoms with Crippen molar-refractivity contribution in [2.24, 2.45) is 0 Å². The molecule has 0 aliphatic rings. The van der Waals surface area contributed by atoms with E-state index in [1.165, 1.54) is 0 Å². The molecule has 0 bridgehead atoms. The SMILES string of the molecule is COC[C@H](C)c1nnnn1-c1cc(C(=O)O)cc(-c2ccc(C)cc2)c1. The summed E-state index contributed by atoms with van der Waals surface area (Å²) in [6.45, 7) is 4.42. The van der Waals surface area contributed by atoms with Gasteiger partial charge >= 0.3 is 5.97 Å². The molecule has 0 radical (unpaired) electrons. The number of carbonyl (C=O) groups is 1. The lowest BCUT2D eigenvalue weighted by atomic mass is 10.0. The number of hydrogen-bond donors (Lipinski definition) is 1. The van der Waals surface area contributed by atoms with Crippen LogP contribution < -0.4 is 0 Å². The van der Waals surface area contributed by atoms with Gasteiger partial charge in [-0.05, 0) is 46.7 Å². The standard InChI is InChI=1S/C19H20N4O3/c1-12-4-6-14(7-5-12)15-8-16(19(24)25)10-17(9-15)23-18(20-21-22-23)13(2)11-26-3/h4-10,13H,11H2,1-3H3,(H,24,25)/t13-/m0/s1. The van der Waals surface area contributed by atoms with E-state index in [0.29, 0.717) is 18.1 Å². The third-order valence-electron chi connectivity index (χ3n) is 4.15. The van der Waals surface area contributed by atoms with Gasteiger partial charge in [-0.3, -0.25) is 0 Å². The average molecular weight is 352 g/mol. The second-order valence-corrected chi connectivity index (χ2v) is 6.25. The zero-order valence-electron chi connectivity index (χ0n) is 14.9. The smallest absolute Gasteiger partial charge is 0.335 e. The van der Waals surface area contributed by atoms with E-state index in [1.54, 1.807) is 23.9 Å². The average Bonchev–Trinajstić information content (AvgIpc) is 3.12. The van der Waals surface area contributed by atoms with Crippen LogP contribution in [-0.4, -0.2) is 45.0 Å². The van der Waals surface area contributed by atoms with E-state index in [4.69, 9.17) is 4.74 Å². The Balaban J connectivity index is 2.12. The van der Waals surface area contributed by atoms with Crippen molar-refractivity contribution in [3.05, 3.63) is 59.4 Å². The Morgan fingerprint density at radius 2 is 1.92 bits per heavy atom. The Labute approximate surface area is 151 Å². The number of aromatic carboxylic acids is 1. The summed E-state index contributed by atoms with van der Waals surface area (Å²) in [6, 6.07) is 13.0. The second-order valence-electron chi connectivity index (χ2n) is 6.25. The molecule has 1 heterocycles. The molecule has 0 unspecified atom stereocenters. The van der Waals surface area contributed by atoms with E-state index in [0.717, 1.165) is 16.7 Å². The molecular formula is C19H20N4O3. The Hall–Kier alpha value is -3.06. The highest BCUT2D eigenvalue weighted by Gasteiger charge is 2.18. The molecule has 0 aliphatic carbocycles. The van der Waals surface area contributed by atoms with Gasteiger partial charge in [0.1, 0.15) is 0 Å². The van der Waals surface area contributed by atoms with Crippen molar-refractivity contribution < 1.29 is 14.6 Å². The number of nitrogens with zero attached hydrogens (tertiary/aromatic N) is 4. The molecule has 0 fully saturated rings. The predicted molar refractivity (Wildman–Crippen MR) is 96.6 cm³/mol. The fraction of sp³-hybridized carbons (Fsp3) is 0.263. The van der Waals surface area contributed by atoms with E-state index < -0.39 is 5.97 Å². The normalized spacial score (nSPS) is 12.1. The van der Waals surface area contributed by atoms with Crippen molar-refractivity contribution in [1.82, 2.24) is 20.2 Å². The van der Waals surface area contributed by atoms with Gasteiger partial charge in [0.05, 0.1) is 17.9 Å². The highest BCUT2D eigenvalue weighted by molar-refractivity contribution is 5.90. The van der Waals surface area contributed by atoms with Crippen LogP contribution in [0.2, 0.25) is 0 Å². The lowest BCUT2D eigenvalue weighted by Gasteiger charge is -2.12. The molecule has 26 heavy (non-hydrogen) atoms. The van der Waals surface area contributed by atoms with Gasteiger partial charge in [-0.2, -0.15) is 4.68 Å². The van der Waals surface area contributed by atoms with Crippen LogP contribution in [0.3, 0.4) is 0 Å². The van der Waals surface area contributed by atoms with E-state index in [2.05, 4.69) is 15.5 Å². The molecular weight excluding hydrogens is 332 g/mol. The zero-order valence-corrected chi connectivity index (χ0v) is 14.9. The number of ether oxygens (including phenoxy) is 1. The summed E-state index contributed by atoms with van der Waals surface area (Å²) in [6.07, 6.45) is 0. The molecule has 7 heteroatoms. The van der Waals surface area contributed by atoms with Crippen molar-refractivity contribution in [2.45, 2.75) is 19.8 Å². The molecule has 0 saturated heterocycles. The predicted octanol–water partition coefficient (Wildman–Crippen LogP) is 3.09. The first-order valence-electron chi connectivity index (χ1n) is 8.22. The molecule has 3 rings (SSSR count). The van der Waals surface area contributed by atoms with E-state index in [-0.39, 0.29) is 11.5 Å². The fourth-order valence-electron chi connectivity index (χ4n) is 2.78. The summed E-state index contributed by atoms with van der Waals surface area (Å²) >= 11 is 0. The van der Waals surface area contributed by atoms with Crippen molar-refractivity contribution in [3.8, 4) is 16.8 Å². The first-order chi connectivity index (χ1) is 12.5. The number of aryl methyl sites for hydroxylation is 1. The number of hydrogen-bond acceptors (Lipinski definition) is 5. The quantitative estimate of drug-likeness (QED) is 0.733. The summed E-state index contributed by atoms with van der Waals surface area (Å²) in [5, 5.41) is 21.4. The monoisotopic (exact) mass is 352 g/mol. The molecule has 0 amide bonds. The van der Waals surface area contributed by atoms with E-state index >= 15 is 0 Å². The summed E-state index contributed by atoms with van der Waals surface area (Å²) < 4.78 is 6.74. The van der Waals surface area contributed by atoms with Crippen LogP contribution in [-0.2, 0) is 4.74 Å². The molecule has 1 aromatic heterocycles. The number of rotatable bonds is 6. The minimum Gasteiger partial charge on any atom is -0.478 e. The van der Waals surface area contributed by atoms with Gasteiger partial charge in [0.2, 0.25) is 0 Å². The lowest BCUT2D eigenvalue weighted by molar-refractivity contribution is 0.0697. The summed E-state index contributed by atoms with van der Waals surface area (Å²) in [4.78, 5) is 11.6. The van der Waals surface area contributed by atoms with Crippen LogP contribution in [0.5, 0.6) is 0 Å². The first kappa shape index (κ1) is 17.8. The summed E-state index contributed by atoms with van der Waals surface area (Å²) in [7, 11) is 1.62. The number of aromatic nitrogens is 4. The Morgan fingerprint density at radius 1 is 1.19 bits per heavy atom. The van der Waals surface area contributed by atoms with Crippen molar-refractivity contribution in [3.63, 3.8) is 0 Å². The summed E-state index contributed by atoms with van der Waals surface area (Å²) in [5.41, 5.74) is 3.64. The Kier molecular flexibility index (Phi) is 5.09. The van der Waals surface area contributed by atoms with Crippen LogP contribution >= 0.6 is 0 Å². The van der Waals surface area contributed by atoms with Crippen molar-refractivity contribution >= 4 is 5.97 Å². The molecule has 1 atom stereocenters. The highest BCUT2D eigenvalue weighted by atomic mass is 16.5. The number of methoxy groups -OCH3 is 1. The van der Waals surface area contributed by atoms with Crippen LogP contribution in [0, 0.1) is 6.92 Å². The highest BCUT2D eigenvalue weighted by Crippen LogP contribution is 2.26.